The monoisotopic (exact) mass is 310 g/mol. The lowest BCUT2D eigenvalue weighted by Crippen LogP contribution is -2.27. The fourth-order valence-electron chi connectivity index (χ4n) is 1.37. The number of nitrogens with one attached hydrogen (secondary N) is 1. The Morgan fingerprint density at radius 1 is 1.28 bits per heavy atom. The summed E-state index contributed by atoms with van der Waals surface area (Å²) in [6, 6.07) is 4.54. The van der Waals surface area contributed by atoms with E-state index >= 15 is 0 Å². The molecule has 0 amide bonds. The van der Waals surface area contributed by atoms with Crippen molar-refractivity contribution in [3.05, 3.63) is 28.2 Å². The zero-order valence-electron chi connectivity index (χ0n) is 10.3. The molecule has 1 aromatic carbocycles. The van der Waals surface area contributed by atoms with Crippen molar-refractivity contribution in [3.63, 3.8) is 0 Å². The summed E-state index contributed by atoms with van der Waals surface area (Å²) in [6.07, 6.45) is 0.727. The molecular formula is C11H16Cl2N2O2S. The van der Waals surface area contributed by atoms with Crippen LogP contribution in [-0.4, -0.2) is 40.5 Å². The number of sulfonamides is 1. The second kappa shape index (κ2) is 6.73. The third-order valence-electron chi connectivity index (χ3n) is 2.28. The number of rotatable bonds is 6. The molecule has 0 aliphatic heterocycles. The Kier molecular flexibility index (Phi) is 5.88. The average molecular weight is 311 g/mol. The van der Waals surface area contributed by atoms with Crippen LogP contribution in [0.25, 0.3) is 0 Å². The quantitative estimate of drug-likeness (QED) is 0.820. The van der Waals surface area contributed by atoms with Gasteiger partial charge in [-0.25, -0.2) is 13.1 Å². The molecule has 0 aromatic heterocycles. The Balaban J connectivity index is 2.72. The minimum Gasteiger partial charge on any atom is -0.309 e. The van der Waals surface area contributed by atoms with Gasteiger partial charge >= 0.3 is 0 Å². The Morgan fingerprint density at radius 3 is 2.56 bits per heavy atom. The largest absolute Gasteiger partial charge is 0.309 e. The lowest BCUT2D eigenvalue weighted by molar-refractivity contribution is 0.400. The van der Waals surface area contributed by atoms with Gasteiger partial charge in [-0.1, -0.05) is 29.3 Å². The average Bonchev–Trinajstić information content (AvgIpc) is 2.28. The zero-order chi connectivity index (χ0) is 13.8. The van der Waals surface area contributed by atoms with Crippen LogP contribution in [0, 0.1) is 0 Å². The summed E-state index contributed by atoms with van der Waals surface area (Å²) in [5.74, 6) is 0. The molecule has 0 heterocycles. The molecule has 0 unspecified atom stereocenters. The summed E-state index contributed by atoms with van der Waals surface area (Å²) in [4.78, 5) is 2.00. The molecule has 0 saturated heterocycles. The molecule has 0 radical (unpaired) electrons. The number of hydrogen-bond donors (Lipinski definition) is 1. The summed E-state index contributed by atoms with van der Waals surface area (Å²) < 4.78 is 26.5. The standard InChI is InChI=1S/C11H16Cl2N2O2S/c1-15(2)8-4-7-14-18(16,17)10-6-3-5-9(12)11(10)13/h3,5-6,14H,4,7-8H2,1-2H3. The molecule has 1 N–H and O–H groups in total. The first-order valence-corrected chi connectivity index (χ1v) is 7.67. The van der Waals surface area contributed by atoms with Gasteiger partial charge in [0.25, 0.3) is 0 Å². The summed E-state index contributed by atoms with van der Waals surface area (Å²) >= 11 is 11.7. The van der Waals surface area contributed by atoms with E-state index in [0.717, 1.165) is 13.0 Å². The first kappa shape index (κ1) is 15.7. The van der Waals surface area contributed by atoms with E-state index in [4.69, 9.17) is 23.2 Å². The molecule has 7 heteroatoms. The molecule has 0 saturated carbocycles. The normalized spacial score (nSPS) is 12.1. The Hall–Kier alpha value is -0.330. The molecule has 18 heavy (non-hydrogen) atoms. The number of halogens is 2. The highest BCUT2D eigenvalue weighted by atomic mass is 35.5. The number of nitrogens with zero attached hydrogens (tertiary/aromatic N) is 1. The van der Waals surface area contributed by atoms with Gasteiger partial charge in [-0.05, 0) is 39.2 Å². The zero-order valence-corrected chi connectivity index (χ0v) is 12.6. The highest BCUT2D eigenvalue weighted by Gasteiger charge is 2.18. The number of hydrogen-bond acceptors (Lipinski definition) is 3. The van der Waals surface area contributed by atoms with E-state index in [-0.39, 0.29) is 14.9 Å². The van der Waals surface area contributed by atoms with Gasteiger partial charge < -0.3 is 4.90 Å². The third kappa shape index (κ3) is 4.40. The van der Waals surface area contributed by atoms with Gasteiger partial charge in [-0.2, -0.15) is 0 Å². The fraction of sp³-hybridized carbons (Fsp3) is 0.455. The van der Waals surface area contributed by atoms with Crippen LogP contribution >= 0.6 is 23.2 Å². The maximum Gasteiger partial charge on any atom is 0.242 e. The fourth-order valence-corrected chi connectivity index (χ4v) is 3.20. The molecule has 0 aliphatic rings. The topological polar surface area (TPSA) is 49.4 Å². The third-order valence-corrected chi connectivity index (χ3v) is 4.71. The van der Waals surface area contributed by atoms with Crippen molar-refractivity contribution in [1.82, 2.24) is 9.62 Å². The lowest BCUT2D eigenvalue weighted by atomic mass is 10.4. The van der Waals surface area contributed by atoms with Crippen molar-refractivity contribution < 1.29 is 8.42 Å². The second-order valence-corrected chi connectivity index (χ2v) is 6.63. The van der Waals surface area contributed by atoms with Gasteiger partial charge in [-0.3, -0.25) is 0 Å². The van der Waals surface area contributed by atoms with Crippen LogP contribution < -0.4 is 4.72 Å². The SMILES string of the molecule is CN(C)CCCNS(=O)(=O)c1cccc(Cl)c1Cl. The van der Waals surface area contributed by atoms with Crippen molar-refractivity contribution in [1.29, 1.82) is 0 Å². The minimum atomic E-state index is -3.60. The van der Waals surface area contributed by atoms with Gasteiger partial charge in [0, 0.05) is 6.54 Å². The molecule has 0 aliphatic carbocycles. The van der Waals surface area contributed by atoms with Gasteiger partial charge in [0.05, 0.1) is 10.0 Å². The summed E-state index contributed by atoms with van der Waals surface area (Å²) in [5.41, 5.74) is 0. The van der Waals surface area contributed by atoms with Crippen LogP contribution in [-0.2, 0) is 10.0 Å². The van der Waals surface area contributed by atoms with Crippen molar-refractivity contribution in [2.45, 2.75) is 11.3 Å². The first-order chi connectivity index (χ1) is 8.34. The molecule has 0 bridgehead atoms. The minimum absolute atomic E-state index is 0.0153. The van der Waals surface area contributed by atoms with Crippen molar-refractivity contribution in [2.24, 2.45) is 0 Å². The van der Waals surface area contributed by atoms with Crippen LogP contribution in [0.15, 0.2) is 23.1 Å². The molecule has 0 fully saturated rings. The Bertz CT molecular complexity index is 504. The predicted molar refractivity (Wildman–Crippen MR) is 74.8 cm³/mol. The molecule has 1 aromatic rings. The predicted octanol–water partition coefficient (Wildman–Crippen LogP) is 2.22. The number of benzene rings is 1. The molecule has 1 rings (SSSR count). The van der Waals surface area contributed by atoms with Crippen LogP contribution in [0.4, 0.5) is 0 Å². The molecule has 0 spiro atoms. The maximum absolute atomic E-state index is 12.0. The highest BCUT2D eigenvalue weighted by molar-refractivity contribution is 7.89. The summed E-state index contributed by atoms with van der Waals surface area (Å²) in [5, 5.41) is 0.284. The first-order valence-electron chi connectivity index (χ1n) is 5.43. The molecule has 0 atom stereocenters. The second-order valence-electron chi connectivity index (χ2n) is 4.11. The maximum atomic E-state index is 12.0. The van der Waals surface area contributed by atoms with Crippen LogP contribution in [0.1, 0.15) is 6.42 Å². The van der Waals surface area contributed by atoms with Gasteiger partial charge in [0.15, 0.2) is 0 Å². The van der Waals surface area contributed by atoms with E-state index in [1.54, 1.807) is 12.1 Å². The van der Waals surface area contributed by atoms with Crippen LogP contribution in [0.2, 0.25) is 10.0 Å². The van der Waals surface area contributed by atoms with Crippen molar-refractivity contribution >= 4 is 33.2 Å². The van der Waals surface area contributed by atoms with Crippen molar-refractivity contribution in [3.8, 4) is 0 Å². The highest BCUT2D eigenvalue weighted by Crippen LogP contribution is 2.28. The molecular weight excluding hydrogens is 295 g/mol. The lowest BCUT2D eigenvalue weighted by Gasteiger charge is -2.11. The van der Waals surface area contributed by atoms with E-state index in [1.165, 1.54) is 6.07 Å². The van der Waals surface area contributed by atoms with Gasteiger partial charge in [-0.15, -0.1) is 0 Å². The smallest absolute Gasteiger partial charge is 0.242 e. The molecule has 4 nitrogen and oxygen atoms in total. The molecule has 102 valence electrons. The van der Waals surface area contributed by atoms with E-state index in [1.807, 2.05) is 19.0 Å². The van der Waals surface area contributed by atoms with Gasteiger partial charge in [0.1, 0.15) is 4.90 Å². The van der Waals surface area contributed by atoms with E-state index < -0.39 is 10.0 Å². The van der Waals surface area contributed by atoms with E-state index in [2.05, 4.69) is 4.72 Å². The summed E-state index contributed by atoms with van der Waals surface area (Å²) in [7, 11) is 0.269. The van der Waals surface area contributed by atoms with Crippen LogP contribution in [0.5, 0.6) is 0 Å². The Labute approximate surface area is 118 Å². The summed E-state index contributed by atoms with van der Waals surface area (Å²) in [6.45, 7) is 1.18. The van der Waals surface area contributed by atoms with Crippen LogP contribution in [0.3, 0.4) is 0 Å². The Morgan fingerprint density at radius 2 is 1.94 bits per heavy atom. The van der Waals surface area contributed by atoms with E-state index in [9.17, 15) is 8.42 Å². The van der Waals surface area contributed by atoms with Gasteiger partial charge in [0.2, 0.25) is 10.0 Å². The van der Waals surface area contributed by atoms with Crippen molar-refractivity contribution in [2.75, 3.05) is 27.2 Å². The van der Waals surface area contributed by atoms with E-state index in [0.29, 0.717) is 6.54 Å².